The Bertz CT molecular complexity index is 860. The predicted molar refractivity (Wildman–Crippen MR) is 94.9 cm³/mol. The maximum absolute atomic E-state index is 11.0. The van der Waals surface area contributed by atoms with E-state index in [1.165, 1.54) is 15.1 Å². The summed E-state index contributed by atoms with van der Waals surface area (Å²) in [7, 11) is 1.69. The molecule has 0 spiro atoms. The van der Waals surface area contributed by atoms with Crippen LogP contribution in [-0.2, 0) is 0 Å². The molecule has 0 amide bonds. The lowest BCUT2D eigenvalue weighted by Gasteiger charge is -2.11. The maximum Gasteiger partial charge on any atom is 0.335 e. The summed E-state index contributed by atoms with van der Waals surface area (Å²) >= 11 is 1.72. The molecule has 2 aromatic carbocycles. The number of rotatable bonds is 4. The number of methoxy groups -OCH3 is 1. The first-order valence-electron chi connectivity index (χ1n) is 7.46. The molecule has 0 unspecified atom stereocenters. The molecule has 0 aliphatic heterocycles. The van der Waals surface area contributed by atoms with Crippen LogP contribution in [0.2, 0.25) is 0 Å². The Kier molecular flexibility index (Phi) is 4.09. The van der Waals surface area contributed by atoms with Crippen molar-refractivity contribution in [2.75, 3.05) is 7.11 Å². The number of hydrogen-bond acceptors (Lipinski definition) is 3. The third-order valence-corrected chi connectivity index (χ3v) is 5.13. The summed E-state index contributed by atoms with van der Waals surface area (Å²) < 4.78 is 6.73. The van der Waals surface area contributed by atoms with Crippen molar-refractivity contribution in [3.8, 4) is 16.2 Å². The highest BCUT2D eigenvalue weighted by molar-refractivity contribution is 7.22. The van der Waals surface area contributed by atoms with Gasteiger partial charge >= 0.3 is 5.97 Å². The number of ether oxygens (including phenoxy) is 1. The highest BCUT2D eigenvalue weighted by Crippen LogP contribution is 2.45. The topological polar surface area (TPSA) is 46.5 Å². The minimum absolute atomic E-state index is 0.304. The molecule has 1 heterocycles. The molecule has 0 saturated heterocycles. The fourth-order valence-electron chi connectivity index (χ4n) is 2.84. The van der Waals surface area contributed by atoms with Crippen LogP contribution in [0.15, 0.2) is 42.5 Å². The zero-order valence-electron chi connectivity index (χ0n) is 13.3. The fourth-order valence-corrected chi connectivity index (χ4v) is 4.22. The molecule has 1 N–H and O–H groups in total. The highest BCUT2D eigenvalue weighted by atomic mass is 32.1. The molecule has 0 bridgehead atoms. The molecule has 0 saturated carbocycles. The number of thiophene rings is 1. The lowest BCUT2D eigenvalue weighted by Crippen LogP contribution is -1.95. The van der Waals surface area contributed by atoms with Crippen LogP contribution in [0.5, 0.6) is 5.75 Å². The van der Waals surface area contributed by atoms with Gasteiger partial charge in [-0.25, -0.2) is 4.79 Å². The molecular formula is C19H18O3S. The molecule has 1 aromatic heterocycles. The van der Waals surface area contributed by atoms with Gasteiger partial charge in [-0.05, 0) is 41.3 Å². The van der Waals surface area contributed by atoms with Crippen molar-refractivity contribution >= 4 is 27.4 Å². The van der Waals surface area contributed by atoms with Gasteiger partial charge in [0.05, 0.1) is 12.7 Å². The number of hydrogen-bond donors (Lipinski definition) is 1. The zero-order chi connectivity index (χ0) is 16.6. The second kappa shape index (κ2) is 6.05. The quantitative estimate of drug-likeness (QED) is 0.698. The average Bonchev–Trinajstić information content (AvgIpc) is 2.94. The number of aromatic carboxylic acids is 1. The minimum Gasteiger partial charge on any atom is -0.496 e. The van der Waals surface area contributed by atoms with Gasteiger partial charge in [0, 0.05) is 15.0 Å². The van der Waals surface area contributed by atoms with Gasteiger partial charge in [-0.1, -0.05) is 32.0 Å². The Labute approximate surface area is 139 Å². The van der Waals surface area contributed by atoms with Gasteiger partial charge in [-0.2, -0.15) is 0 Å². The third-order valence-electron chi connectivity index (χ3n) is 3.91. The third kappa shape index (κ3) is 2.70. The van der Waals surface area contributed by atoms with E-state index in [9.17, 15) is 4.79 Å². The van der Waals surface area contributed by atoms with E-state index in [0.29, 0.717) is 11.5 Å². The van der Waals surface area contributed by atoms with Crippen molar-refractivity contribution < 1.29 is 14.6 Å². The Hall–Kier alpha value is -2.33. The molecule has 23 heavy (non-hydrogen) atoms. The van der Waals surface area contributed by atoms with E-state index < -0.39 is 5.97 Å². The molecule has 118 valence electrons. The lowest BCUT2D eigenvalue weighted by atomic mass is 9.96. The van der Waals surface area contributed by atoms with Crippen LogP contribution in [0, 0.1) is 0 Å². The monoisotopic (exact) mass is 326 g/mol. The summed E-state index contributed by atoms with van der Waals surface area (Å²) in [6.07, 6.45) is 0. The molecule has 0 aliphatic rings. The number of carboxylic acids is 1. The van der Waals surface area contributed by atoms with E-state index in [2.05, 4.69) is 19.9 Å². The molecule has 0 radical (unpaired) electrons. The molecule has 0 atom stereocenters. The van der Waals surface area contributed by atoms with E-state index in [1.807, 2.05) is 24.3 Å². The van der Waals surface area contributed by atoms with Gasteiger partial charge in [-0.15, -0.1) is 11.3 Å². The average molecular weight is 326 g/mol. The van der Waals surface area contributed by atoms with E-state index in [4.69, 9.17) is 9.84 Å². The number of carbonyl (C=O) groups is 1. The van der Waals surface area contributed by atoms with Crippen LogP contribution in [0.4, 0.5) is 0 Å². The smallest absolute Gasteiger partial charge is 0.335 e. The Morgan fingerprint density at radius 1 is 1.13 bits per heavy atom. The van der Waals surface area contributed by atoms with Gasteiger partial charge < -0.3 is 9.84 Å². The normalized spacial score (nSPS) is 11.1. The number of carboxylic acid groups (broad SMARTS) is 1. The van der Waals surface area contributed by atoms with Crippen molar-refractivity contribution in [3.05, 3.63) is 53.6 Å². The number of fused-ring (bicyclic) bond motifs is 1. The van der Waals surface area contributed by atoms with E-state index in [-0.39, 0.29) is 0 Å². The summed E-state index contributed by atoms with van der Waals surface area (Å²) in [6, 6.07) is 13.2. The lowest BCUT2D eigenvalue weighted by molar-refractivity contribution is 0.0697. The summed E-state index contributed by atoms with van der Waals surface area (Å²) in [6.45, 7) is 4.34. The minimum atomic E-state index is -0.904. The van der Waals surface area contributed by atoms with Crippen LogP contribution in [0.3, 0.4) is 0 Å². The van der Waals surface area contributed by atoms with Crippen molar-refractivity contribution in [2.45, 2.75) is 19.8 Å². The Morgan fingerprint density at radius 2 is 1.83 bits per heavy atom. The SMILES string of the molecule is COc1cccc2sc(-c3ccc(C(=O)O)cc3)c(C(C)C)c12. The summed E-state index contributed by atoms with van der Waals surface area (Å²) in [5.74, 6) is 0.323. The largest absolute Gasteiger partial charge is 0.496 e. The predicted octanol–water partition coefficient (Wildman–Crippen LogP) is 5.40. The Balaban J connectivity index is 2.24. The zero-order valence-corrected chi connectivity index (χ0v) is 14.1. The van der Waals surface area contributed by atoms with Crippen LogP contribution in [0.25, 0.3) is 20.5 Å². The van der Waals surface area contributed by atoms with Gasteiger partial charge in [-0.3, -0.25) is 0 Å². The molecule has 4 heteroatoms. The van der Waals surface area contributed by atoms with Gasteiger partial charge in [0.2, 0.25) is 0 Å². The summed E-state index contributed by atoms with van der Waals surface area (Å²) in [4.78, 5) is 12.2. The van der Waals surface area contributed by atoms with Crippen molar-refractivity contribution in [1.29, 1.82) is 0 Å². The molecule has 3 rings (SSSR count). The van der Waals surface area contributed by atoms with Crippen LogP contribution in [-0.4, -0.2) is 18.2 Å². The second-order valence-electron chi connectivity index (χ2n) is 5.72. The van der Waals surface area contributed by atoms with E-state index >= 15 is 0 Å². The van der Waals surface area contributed by atoms with Crippen molar-refractivity contribution in [1.82, 2.24) is 0 Å². The van der Waals surface area contributed by atoms with E-state index in [0.717, 1.165) is 16.7 Å². The van der Waals surface area contributed by atoms with Crippen LogP contribution >= 0.6 is 11.3 Å². The Morgan fingerprint density at radius 3 is 2.39 bits per heavy atom. The summed E-state index contributed by atoms with van der Waals surface area (Å²) in [5, 5.41) is 10.2. The van der Waals surface area contributed by atoms with Crippen molar-refractivity contribution in [2.24, 2.45) is 0 Å². The maximum atomic E-state index is 11.0. The standard InChI is InChI=1S/C19H18O3S/c1-11(2)16-17-14(22-3)5-4-6-15(17)23-18(16)12-7-9-13(10-8-12)19(20)21/h4-11H,1-3H3,(H,20,21). The molecule has 0 aliphatic carbocycles. The first kappa shape index (κ1) is 15.6. The fraction of sp³-hybridized carbons (Fsp3) is 0.211. The molecule has 0 fully saturated rings. The van der Waals surface area contributed by atoms with Gasteiger partial charge in [0.1, 0.15) is 5.75 Å². The summed E-state index contributed by atoms with van der Waals surface area (Å²) in [5.41, 5.74) is 2.60. The van der Waals surface area contributed by atoms with Gasteiger partial charge in [0.15, 0.2) is 0 Å². The van der Waals surface area contributed by atoms with E-state index in [1.54, 1.807) is 30.6 Å². The molecule has 3 nitrogen and oxygen atoms in total. The van der Waals surface area contributed by atoms with Crippen molar-refractivity contribution in [3.63, 3.8) is 0 Å². The van der Waals surface area contributed by atoms with Gasteiger partial charge in [0.25, 0.3) is 0 Å². The van der Waals surface area contributed by atoms with Crippen LogP contribution < -0.4 is 4.74 Å². The molecular weight excluding hydrogens is 308 g/mol. The first-order chi connectivity index (χ1) is 11.0. The second-order valence-corrected chi connectivity index (χ2v) is 6.77. The highest BCUT2D eigenvalue weighted by Gasteiger charge is 2.19. The van der Waals surface area contributed by atoms with Crippen LogP contribution in [0.1, 0.15) is 35.7 Å². The first-order valence-corrected chi connectivity index (χ1v) is 8.27. The number of benzene rings is 2. The molecule has 3 aromatic rings.